The third kappa shape index (κ3) is 3.36. The number of thiazole rings is 1. The van der Waals surface area contributed by atoms with Crippen molar-refractivity contribution >= 4 is 16.3 Å². The van der Waals surface area contributed by atoms with Crippen LogP contribution in [0.25, 0.3) is 16.2 Å². The molecule has 0 amide bonds. The quantitative estimate of drug-likeness (QED) is 0.497. The number of imidazole rings is 1. The van der Waals surface area contributed by atoms with Crippen molar-refractivity contribution in [2.75, 3.05) is 14.2 Å². The van der Waals surface area contributed by atoms with E-state index in [4.69, 9.17) is 9.72 Å². The molecule has 0 N–H and O–H groups in total. The standard InChI is InChI=1S/C21H21N3OS/c1-23(14-16-8-10-18(25-2)11-9-16)15-19-20(17-6-4-3-5-7-17)22-21-24(19)12-13-26-21/h3-13H,14-15H2,1-2H3. The van der Waals surface area contributed by atoms with Crippen molar-refractivity contribution in [3.05, 3.63) is 77.4 Å². The predicted molar refractivity (Wildman–Crippen MR) is 107 cm³/mol. The van der Waals surface area contributed by atoms with Crippen molar-refractivity contribution in [1.82, 2.24) is 14.3 Å². The van der Waals surface area contributed by atoms with Gasteiger partial charge in [0.1, 0.15) is 5.75 Å². The SMILES string of the molecule is COc1ccc(CN(C)Cc2c(-c3ccccc3)nc3sccn23)cc1. The number of ether oxygens (including phenoxy) is 1. The minimum Gasteiger partial charge on any atom is -0.497 e. The van der Waals surface area contributed by atoms with Gasteiger partial charge in [0.15, 0.2) is 4.96 Å². The summed E-state index contributed by atoms with van der Waals surface area (Å²) in [6, 6.07) is 18.7. The highest BCUT2D eigenvalue weighted by Crippen LogP contribution is 2.27. The lowest BCUT2D eigenvalue weighted by atomic mass is 10.1. The Morgan fingerprint density at radius 2 is 1.81 bits per heavy atom. The van der Waals surface area contributed by atoms with Gasteiger partial charge in [0.2, 0.25) is 0 Å². The van der Waals surface area contributed by atoms with E-state index >= 15 is 0 Å². The highest BCUT2D eigenvalue weighted by Gasteiger charge is 2.16. The van der Waals surface area contributed by atoms with Crippen LogP contribution in [0.5, 0.6) is 5.75 Å². The Kier molecular flexibility index (Phi) is 4.73. The highest BCUT2D eigenvalue weighted by molar-refractivity contribution is 7.15. The number of nitrogens with zero attached hydrogens (tertiary/aromatic N) is 3. The lowest BCUT2D eigenvalue weighted by Crippen LogP contribution is -2.18. The van der Waals surface area contributed by atoms with Gasteiger partial charge in [-0.25, -0.2) is 4.98 Å². The van der Waals surface area contributed by atoms with Gasteiger partial charge >= 0.3 is 0 Å². The van der Waals surface area contributed by atoms with Gasteiger partial charge in [0.05, 0.1) is 18.5 Å². The van der Waals surface area contributed by atoms with Gasteiger partial charge in [-0.1, -0.05) is 42.5 Å². The molecule has 5 heteroatoms. The van der Waals surface area contributed by atoms with Crippen LogP contribution in [0.3, 0.4) is 0 Å². The maximum atomic E-state index is 5.24. The van der Waals surface area contributed by atoms with Gasteiger partial charge in [-0.05, 0) is 24.7 Å². The van der Waals surface area contributed by atoms with Crippen LogP contribution in [-0.2, 0) is 13.1 Å². The van der Waals surface area contributed by atoms with E-state index in [0.29, 0.717) is 0 Å². The van der Waals surface area contributed by atoms with Crippen molar-refractivity contribution in [2.24, 2.45) is 0 Å². The third-order valence-electron chi connectivity index (χ3n) is 4.44. The summed E-state index contributed by atoms with van der Waals surface area (Å²) in [6.07, 6.45) is 2.11. The van der Waals surface area contributed by atoms with Crippen LogP contribution in [0, 0.1) is 0 Å². The van der Waals surface area contributed by atoms with Crippen LogP contribution in [0.1, 0.15) is 11.3 Å². The topological polar surface area (TPSA) is 29.8 Å². The molecule has 2 heterocycles. The van der Waals surface area contributed by atoms with Gasteiger partial charge in [0, 0.05) is 30.2 Å². The van der Waals surface area contributed by atoms with Gasteiger partial charge in [-0.15, -0.1) is 11.3 Å². The highest BCUT2D eigenvalue weighted by atomic mass is 32.1. The van der Waals surface area contributed by atoms with Crippen LogP contribution in [0.4, 0.5) is 0 Å². The molecule has 0 bridgehead atoms. The van der Waals surface area contributed by atoms with Gasteiger partial charge in [-0.3, -0.25) is 9.30 Å². The molecule has 0 radical (unpaired) electrons. The zero-order valence-corrected chi connectivity index (χ0v) is 15.7. The first-order chi connectivity index (χ1) is 12.7. The van der Waals surface area contributed by atoms with Gasteiger partial charge in [0.25, 0.3) is 0 Å². The molecule has 2 aromatic heterocycles. The molecule has 0 saturated carbocycles. The van der Waals surface area contributed by atoms with E-state index in [9.17, 15) is 0 Å². The average Bonchev–Trinajstić information content (AvgIpc) is 3.26. The second kappa shape index (κ2) is 7.32. The molecule has 26 heavy (non-hydrogen) atoms. The van der Waals surface area contributed by atoms with Gasteiger partial charge < -0.3 is 4.74 Å². The summed E-state index contributed by atoms with van der Waals surface area (Å²) in [4.78, 5) is 8.22. The van der Waals surface area contributed by atoms with E-state index < -0.39 is 0 Å². The van der Waals surface area contributed by atoms with Crippen molar-refractivity contribution < 1.29 is 4.74 Å². The molecule has 4 aromatic rings. The normalized spacial score (nSPS) is 11.3. The van der Waals surface area contributed by atoms with Crippen LogP contribution in [-0.4, -0.2) is 28.4 Å². The Balaban J connectivity index is 1.60. The number of fused-ring (bicyclic) bond motifs is 1. The monoisotopic (exact) mass is 363 g/mol. The fourth-order valence-electron chi connectivity index (χ4n) is 3.17. The average molecular weight is 363 g/mol. The van der Waals surface area contributed by atoms with Crippen molar-refractivity contribution in [3.8, 4) is 17.0 Å². The largest absolute Gasteiger partial charge is 0.497 e. The maximum Gasteiger partial charge on any atom is 0.194 e. The maximum absolute atomic E-state index is 5.24. The lowest BCUT2D eigenvalue weighted by molar-refractivity contribution is 0.314. The summed E-state index contributed by atoms with van der Waals surface area (Å²) in [6.45, 7) is 1.70. The van der Waals surface area contributed by atoms with E-state index in [-0.39, 0.29) is 0 Å². The molecule has 4 nitrogen and oxygen atoms in total. The number of aromatic nitrogens is 2. The lowest BCUT2D eigenvalue weighted by Gasteiger charge is -2.17. The second-order valence-electron chi connectivity index (χ2n) is 6.35. The first-order valence-corrected chi connectivity index (χ1v) is 9.44. The molecule has 0 spiro atoms. The molecule has 0 aliphatic heterocycles. The van der Waals surface area contributed by atoms with E-state index in [1.54, 1.807) is 18.4 Å². The Morgan fingerprint density at radius 3 is 2.54 bits per heavy atom. The van der Waals surface area contributed by atoms with E-state index in [2.05, 4.69) is 64.3 Å². The molecule has 132 valence electrons. The van der Waals surface area contributed by atoms with Gasteiger partial charge in [-0.2, -0.15) is 0 Å². The predicted octanol–water partition coefficient (Wildman–Crippen LogP) is 4.70. The molecule has 0 atom stereocenters. The summed E-state index contributed by atoms with van der Waals surface area (Å²) >= 11 is 1.67. The Hall–Kier alpha value is -2.63. The number of benzene rings is 2. The molecule has 0 aliphatic carbocycles. The Morgan fingerprint density at radius 1 is 1.04 bits per heavy atom. The zero-order valence-electron chi connectivity index (χ0n) is 14.9. The Labute approximate surface area is 157 Å². The number of rotatable bonds is 6. The second-order valence-corrected chi connectivity index (χ2v) is 7.22. The molecular formula is C21H21N3OS. The molecule has 4 rings (SSSR count). The number of hydrogen-bond acceptors (Lipinski definition) is 4. The Bertz CT molecular complexity index is 989. The zero-order chi connectivity index (χ0) is 17.9. The van der Waals surface area contributed by atoms with Crippen LogP contribution >= 0.6 is 11.3 Å². The molecule has 0 fully saturated rings. The first kappa shape index (κ1) is 16.8. The minimum absolute atomic E-state index is 0.828. The number of hydrogen-bond donors (Lipinski definition) is 0. The minimum atomic E-state index is 0.828. The first-order valence-electron chi connectivity index (χ1n) is 8.56. The van der Waals surface area contributed by atoms with Crippen molar-refractivity contribution in [3.63, 3.8) is 0 Å². The third-order valence-corrected chi connectivity index (χ3v) is 5.20. The molecule has 0 unspecified atom stereocenters. The summed E-state index contributed by atoms with van der Waals surface area (Å²) in [7, 11) is 3.84. The van der Waals surface area contributed by atoms with Crippen molar-refractivity contribution in [1.29, 1.82) is 0 Å². The van der Waals surface area contributed by atoms with E-state index in [0.717, 1.165) is 35.1 Å². The van der Waals surface area contributed by atoms with E-state index in [1.165, 1.54) is 11.3 Å². The molecule has 2 aromatic carbocycles. The summed E-state index contributed by atoms with van der Waals surface area (Å²) in [5.74, 6) is 0.888. The smallest absolute Gasteiger partial charge is 0.194 e. The van der Waals surface area contributed by atoms with Crippen molar-refractivity contribution in [2.45, 2.75) is 13.1 Å². The fraction of sp³-hybridized carbons (Fsp3) is 0.190. The number of methoxy groups -OCH3 is 1. The van der Waals surface area contributed by atoms with Crippen LogP contribution in [0.2, 0.25) is 0 Å². The van der Waals surface area contributed by atoms with Crippen LogP contribution in [0.15, 0.2) is 66.2 Å². The summed E-state index contributed by atoms with van der Waals surface area (Å²) in [5.41, 5.74) is 4.72. The van der Waals surface area contributed by atoms with Crippen LogP contribution < -0.4 is 4.74 Å². The molecule has 0 aliphatic rings. The fourth-order valence-corrected chi connectivity index (χ4v) is 3.90. The van der Waals surface area contributed by atoms with E-state index in [1.807, 2.05) is 18.2 Å². The summed E-state index contributed by atoms with van der Waals surface area (Å²) < 4.78 is 7.45. The summed E-state index contributed by atoms with van der Waals surface area (Å²) in [5, 5.41) is 2.09. The molecule has 0 saturated heterocycles. The molecular weight excluding hydrogens is 342 g/mol.